The molecule has 11 heteroatoms. The van der Waals surface area contributed by atoms with E-state index in [1.165, 1.54) is 29.4 Å². The Kier molecular flexibility index (Phi) is 8.66. The van der Waals surface area contributed by atoms with Gasteiger partial charge in [-0.25, -0.2) is 28.2 Å². The molecule has 4 N–H and O–H groups in total. The van der Waals surface area contributed by atoms with Crippen LogP contribution in [0.1, 0.15) is 30.5 Å². The first kappa shape index (κ1) is 26.4. The third kappa shape index (κ3) is 6.27. The number of hydrogen-bond donors (Lipinski definition) is 2. The molecule has 35 heavy (non-hydrogen) atoms. The minimum Gasteiger partial charge on any atom is -0.388 e. The van der Waals surface area contributed by atoms with Crippen LogP contribution in [0.5, 0.6) is 0 Å². The Morgan fingerprint density at radius 3 is 2.46 bits per heavy atom. The van der Waals surface area contributed by atoms with Crippen LogP contribution in [-0.2, 0) is 16.4 Å². The second-order valence-electron chi connectivity index (χ2n) is 7.76. The van der Waals surface area contributed by atoms with E-state index in [1.54, 1.807) is 19.1 Å². The average molecular weight is 522 g/mol. The molecule has 186 valence electrons. The van der Waals surface area contributed by atoms with Crippen molar-refractivity contribution in [2.45, 2.75) is 30.7 Å². The van der Waals surface area contributed by atoms with Gasteiger partial charge in [-0.05, 0) is 67.3 Å². The Hall–Kier alpha value is -3.21. The predicted octanol–water partition coefficient (Wildman–Crippen LogP) is 4.59. The van der Waals surface area contributed by atoms with Gasteiger partial charge < -0.3 is 5.73 Å². The Morgan fingerprint density at radius 2 is 1.77 bits per heavy atom. The number of rotatable bonds is 10. The zero-order valence-corrected chi connectivity index (χ0v) is 20.6. The summed E-state index contributed by atoms with van der Waals surface area (Å²) in [5.41, 5.74) is 6.32. The lowest BCUT2D eigenvalue weighted by molar-refractivity contribution is 0.296. The molecule has 0 unspecified atom stereocenters. The zero-order valence-electron chi connectivity index (χ0n) is 19.0. The number of aryl methyl sites for hydroxylation is 1. The molecule has 0 fully saturated rings. The number of halogens is 3. The van der Waals surface area contributed by atoms with Gasteiger partial charge in [-0.2, -0.15) is 5.10 Å². The third-order valence-electron chi connectivity index (χ3n) is 5.42. The molecule has 0 radical (unpaired) electrons. The van der Waals surface area contributed by atoms with Crippen LogP contribution >= 0.6 is 11.6 Å². The molecule has 0 aliphatic heterocycles. The Labute approximate surface area is 208 Å². The van der Waals surface area contributed by atoms with Crippen LogP contribution in [0.15, 0.2) is 76.7 Å². The van der Waals surface area contributed by atoms with Gasteiger partial charge in [0.25, 0.3) is 10.0 Å². The van der Waals surface area contributed by atoms with Crippen LogP contribution in [0.25, 0.3) is 0 Å². The van der Waals surface area contributed by atoms with Gasteiger partial charge in [0.2, 0.25) is 0 Å². The monoisotopic (exact) mass is 521 g/mol. The Balaban J connectivity index is 2.07. The maximum absolute atomic E-state index is 14.9. The molecular formula is C24H26ClF2N5O2S. The first-order valence-corrected chi connectivity index (χ1v) is 12.6. The molecule has 0 saturated carbocycles. The molecule has 7 nitrogen and oxygen atoms in total. The second-order valence-corrected chi connectivity index (χ2v) is 10.0. The highest BCUT2D eigenvalue weighted by atomic mass is 35.5. The molecular weight excluding hydrogens is 496 g/mol. The van der Waals surface area contributed by atoms with E-state index >= 15 is 0 Å². The lowest BCUT2D eigenvalue weighted by atomic mass is 9.97. The van der Waals surface area contributed by atoms with E-state index in [9.17, 15) is 17.2 Å². The van der Waals surface area contributed by atoms with Gasteiger partial charge in [0.05, 0.1) is 23.2 Å². The minimum atomic E-state index is -4.31. The fraction of sp³-hybridized carbons (Fsp3) is 0.208. The van der Waals surface area contributed by atoms with Crippen molar-refractivity contribution in [3.8, 4) is 0 Å². The van der Waals surface area contributed by atoms with Crippen molar-refractivity contribution in [1.82, 2.24) is 5.12 Å². The summed E-state index contributed by atoms with van der Waals surface area (Å²) in [7, 11) is -4.31. The SMILES string of the molecule is C[C@H](c1ccccc1CCCN(N)N=CN)N(c1cc(F)ccc1F)S(=O)(=O)c1ccc(Cl)cc1. The Morgan fingerprint density at radius 1 is 1.09 bits per heavy atom. The number of nitrogens with two attached hydrogens (primary N) is 2. The van der Waals surface area contributed by atoms with Gasteiger partial charge in [-0.3, -0.25) is 4.31 Å². The largest absolute Gasteiger partial charge is 0.388 e. The molecule has 0 aliphatic rings. The first-order valence-electron chi connectivity index (χ1n) is 10.7. The number of nitrogens with zero attached hydrogens (tertiary/aromatic N) is 3. The minimum absolute atomic E-state index is 0.103. The lowest BCUT2D eigenvalue weighted by Gasteiger charge is -2.32. The third-order valence-corrected chi connectivity index (χ3v) is 7.57. The van der Waals surface area contributed by atoms with Gasteiger partial charge in [0.15, 0.2) is 0 Å². The van der Waals surface area contributed by atoms with E-state index in [1.807, 2.05) is 12.1 Å². The summed E-state index contributed by atoms with van der Waals surface area (Å²) in [6.07, 6.45) is 2.22. The summed E-state index contributed by atoms with van der Waals surface area (Å²) in [6.45, 7) is 2.03. The van der Waals surface area contributed by atoms with Crippen molar-refractivity contribution in [3.63, 3.8) is 0 Å². The maximum atomic E-state index is 14.9. The second kappa shape index (κ2) is 11.5. The topological polar surface area (TPSA) is 105 Å². The van der Waals surface area contributed by atoms with Gasteiger partial charge in [0.1, 0.15) is 18.0 Å². The van der Waals surface area contributed by atoms with E-state index in [0.717, 1.165) is 34.4 Å². The molecule has 0 aliphatic carbocycles. The highest BCUT2D eigenvalue weighted by Gasteiger charge is 2.33. The summed E-state index contributed by atoms with van der Waals surface area (Å²) in [5.74, 6) is 4.08. The fourth-order valence-corrected chi connectivity index (χ4v) is 5.55. The summed E-state index contributed by atoms with van der Waals surface area (Å²) in [5, 5.41) is 5.31. The van der Waals surface area contributed by atoms with E-state index < -0.39 is 33.4 Å². The van der Waals surface area contributed by atoms with Crippen LogP contribution in [0, 0.1) is 11.6 Å². The highest BCUT2D eigenvalue weighted by molar-refractivity contribution is 7.92. The number of hydrogen-bond acceptors (Lipinski definition) is 5. The molecule has 0 spiro atoms. The van der Waals surface area contributed by atoms with Crippen LogP contribution in [0.3, 0.4) is 0 Å². The highest BCUT2D eigenvalue weighted by Crippen LogP contribution is 2.37. The summed E-state index contributed by atoms with van der Waals surface area (Å²) in [4.78, 5) is -0.103. The van der Waals surface area contributed by atoms with Crippen molar-refractivity contribution < 1.29 is 17.2 Å². The average Bonchev–Trinajstić information content (AvgIpc) is 2.82. The Bertz CT molecular complexity index is 1290. The number of sulfonamides is 1. The summed E-state index contributed by atoms with van der Waals surface area (Å²) >= 11 is 5.93. The standard InChI is InChI=1S/C24H26ClF2N5O2S/c1-17(22-7-3-2-5-18(22)6-4-14-31(29)30-16-28)32(24-15-20(26)10-13-23(24)27)35(33,34)21-11-8-19(25)9-12-21/h2-3,5,7-13,15-17H,4,6,14,29H2,1H3,(H2,28,30)/t17-/m1/s1. The molecule has 0 aromatic heterocycles. The van der Waals surface area contributed by atoms with Crippen molar-refractivity contribution >= 4 is 33.7 Å². The predicted molar refractivity (Wildman–Crippen MR) is 134 cm³/mol. The molecule has 0 amide bonds. The van der Waals surface area contributed by atoms with Crippen LogP contribution in [0.2, 0.25) is 5.02 Å². The van der Waals surface area contributed by atoms with Gasteiger partial charge in [0, 0.05) is 11.1 Å². The maximum Gasteiger partial charge on any atom is 0.264 e. The number of benzene rings is 3. The fourth-order valence-electron chi connectivity index (χ4n) is 3.79. The van der Waals surface area contributed by atoms with Gasteiger partial charge in [-0.15, -0.1) is 0 Å². The molecule has 0 bridgehead atoms. The number of hydrazone groups is 1. The number of hydrazine groups is 1. The van der Waals surface area contributed by atoms with Crippen LogP contribution in [-0.4, -0.2) is 26.4 Å². The zero-order chi connectivity index (χ0) is 25.6. The van der Waals surface area contributed by atoms with Crippen LogP contribution < -0.4 is 15.9 Å². The molecule has 3 aromatic rings. The van der Waals surface area contributed by atoms with Crippen LogP contribution in [0.4, 0.5) is 14.5 Å². The van der Waals surface area contributed by atoms with Crippen molar-refractivity contribution in [1.29, 1.82) is 0 Å². The number of anilines is 1. The molecule has 0 saturated heterocycles. The molecule has 0 heterocycles. The quantitative estimate of drug-likeness (QED) is 0.176. The summed E-state index contributed by atoms with van der Waals surface area (Å²) in [6, 6.07) is 14.6. The van der Waals surface area contributed by atoms with Crippen molar-refractivity contribution in [2.75, 3.05) is 10.8 Å². The van der Waals surface area contributed by atoms with Gasteiger partial charge >= 0.3 is 0 Å². The van der Waals surface area contributed by atoms with E-state index in [4.69, 9.17) is 23.2 Å². The summed E-state index contributed by atoms with van der Waals surface area (Å²) < 4.78 is 57.5. The smallest absolute Gasteiger partial charge is 0.264 e. The molecule has 1 atom stereocenters. The molecule has 3 aromatic carbocycles. The van der Waals surface area contributed by atoms with Crippen molar-refractivity contribution in [2.24, 2.45) is 16.7 Å². The van der Waals surface area contributed by atoms with E-state index in [-0.39, 0.29) is 4.90 Å². The van der Waals surface area contributed by atoms with E-state index in [0.29, 0.717) is 30.0 Å². The van der Waals surface area contributed by atoms with Crippen molar-refractivity contribution in [3.05, 3.63) is 94.5 Å². The van der Waals surface area contributed by atoms with E-state index in [2.05, 4.69) is 5.10 Å². The molecule has 3 rings (SSSR count). The first-order chi connectivity index (χ1) is 16.6. The normalized spacial score (nSPS) is 12.6. The van der Waals surface area contributed by atoms with Gasteiger partial charge in [-0.1, -0.05) is 35.9 Å². The lowest BCUT2D eigenvalue weighted by Crippen LogP contribution is -2.35.